The van der Waals surface area contributed by atoms with E-state index in [4.69, 9.17) is 9.72 Å². The van der Waals surface area contributed by atoms with Crippen LogP contribution in [-0.4, -0.2) is 47.6 Å². The quantitative estimate of drug-likeness (QED) is 0.320. The number of aromatic nitrogens is 3. The molecule has 34 heavy (non-hydrogen) atoms. The molecule has 0 unspecified atom stereocenters. The highest BCUT2D eigenvalue weighted by atomic mass is 32.1. The number of hydrogen-bond donors (Lipinski definition) is 1. The topological polar surface area (TPSA) is 110 Å². The highest BCUT2D eigenvalue weighted by Gasteiger charge is 2.24. The number of anilines is 4. The molecule has 4 aromatic rings. The van der Waals surface area contributed by atoms with Crippen molar-refractivity contribution in [3.63, 3.8) is 0 Å². The molecule has 0 fully saturated rings. The van der Waals surface area contributed by atoms with E-state index >= 15 is 0 Å². The van der Waals surface area contributed by atoms with Crippen molar-refractivity contribution in [3.05, 3.63) is 62.5 Å². The van der Waals surface area contributed by atoms with Crippen molar-refractivity contribution in [2.24, 2.45) is 0 Å². The Hall–Kier alpha value is -3.99. The third-order valence-electron chi connectivity index (χ3n) is 5.78. The molecule has 1 aliphatic rings. The summed E-state index contributed by atoms with van der Waals surface area (Å²) < 4.78 is 5.52. The maximum Gasteiger partial charge on any atom is 0.294 e. The van der Waals surface area contributed by atoms with Crippen LogP contribution in [0.4, 0.5) is 28.8 Å². The summed E-state index contributed by atoms with van der Waals surface area (Å²) in [5, 5.41) is 17.8. The van der Waals surface area contributed by atoms with Gasteiger partial charge in [0, 0.05) is 50.4 Å². The average molecular weight is 478 g/mol. The van der Waals surface area contributed by atoms with Crippen LogP contribution in [0.1, 0.15) is 10.4 Å². The van der Waals surface area contributed by atoms with Crippen LogP contribution in [0.25, 0.3) is 11.0 Å². The van der Waals surface area contributed by atoms with E-state index in [1.165, 1.54) is 23.6 Å². The Balaban J connectivity index is 1.58. The lowest BCUT2D eigenvalue weighted by molar-refractivity contribution is -0.384. The Kier molecular flexibility index (Phi) is 5.62. The summed E-state index contributed by atoms with van der Waals surface area (Å²) in [6, 6.07) is 9.06. The van der Waals surface area contributed by atoms with E-state index in [9.17, 15) is 10.1 Å². The van der Waals surface area contributed by atoms with Gasteiger partial charge in [0.2, 0.25) is 5.95 Å². The molecule has 0 amide bonds. The number of nitro benzene ring substituents is 1. The van der Waals surface area contributed by atoms with Crippen LogP contribution in [0.2, 0.25) is 0 Å². The van der Waals surface area contributed by atoms with Gasteiger partial charge in [0.1, 0.15) is 17.3 Å². The molecule has 0 saturated heterocycles. The van der Waals surface area contributed by atoms with Gasteiger partial charge < -0.3 is 19.9 Å². The molecular formula is C23H23N7O3S. The molecule has 10 nitrogen and oxygen atoms in total. The fraction of sp³-hybridized carbons (Fsp3) is 0.261. The first-order valence-corrected chi connectivity index (χ1v) is 11.6. The van der Waals surface area contributed by atoms with E-state index in [0.29, 0.717) is 28.7 Å². The number of fused-ring (bicyclic) bond motifs is 2. The van der Waals surface area contributed by atoms with Gasteiger partial charge in [0.15, 0.2) is 5.65 Å². The normalized spacial score (nSPS) is 13.0. The van der Waals surface area contributed by atoms with Crippen LogP contribution in [0.5, 0.6) is 5.75 Å². The number of thiophene rings is 1. The Labute approximate surface area is 200 Å². The minimum Gasteiger partial charge on any atom is -0.494 e. The smallest absolute Gasteiger partial charge is 0.294 e. The molecule has 1 aromatic carbocycles. The Bertz CT molecular complexity index is 1390. The second-order valence-electron chi connectivity index (χ2n) is 8.10. The van der Waals surface area contributed by atoms with Crippen molar-refractivity contribution in [3.8, 4) is 5.75 Å². The third-order valence-corrected chi connectivity index (χ3v) is 6.80. The molecule has 0 bridgehead atoms. The molecule has 174 valence electrons. The minimum absolute atomic E-state index is 0.0477. The number of nitro groups is 1. The van der Waals surface area contributed by atoms with Crippen molar-refractivity contribution < 1.29 is 9.66 Å². The second kappa shape index (κ2) is 8.75. The first kappa shape index (κ1) is 21.8. The maximum absolute atomic E-state index is 11.7. The second-order valence-corrected chi connectivity index (χ2v) is 9.10. The number of ether oxygens (including phenoxy) is 1. The van der Waals surface area contributed by atoms with Gasteiger partial charge in [-0.2, -0.15) is 9.97 Å². The summed E-state index contributed by atoms with van der Waals surface area (Å²) in [5.74, 6) is 1.51. The highest BCUT2D eigenvalue weighted by molar-refractivity contribution is 7.10. The van der Waals surface area contributed by atoms with E-state index in [1.807, 2.05) is 12.1 Å². The van der Waals surface area contributed by atoms with Crippen LogP contribution in [0.3, 0.4) is 0 Å². The van der Waals surface area contributed by atoms with Gasteiger partial charge in [-0.05, 0) is 35.6 Å². The summed E-state index contributed by atoms with van der Waals surface area (Å²) in [7, 11) is 5.01. The molecule has 0 aliphatic carbocycles. The number of methoxy groups -OCH3 is 1. The SMILES string of the molecule is COc1cc(N(C)C)c([N+](=O)[O-])cc1Nc1nc(N2CCc3sccc3C2)c2cccnc2n1. The predicted octanol–water partition coefficient (Wildman–Crippen LogP) is 4.38. The summed E-state index contributed by atoms with van der Waals surface area (Å²) in [4.78, 5) is 30.4. The highest BCUT2D eigenvalue weighted by Crippen LogP contribution is 2.39. The fourth-order valence-corrected chi connectivity index (χ4v) is 5.01. The summed E-state index contributed by atoms with van der Waals surface area (Å²) in [6.45, 7) is 1.59. The third kappa shape index (κ3) is 3.94. The molecule has 11 heteroatoms. The largest absolute Gasteiger partial charge is 0.494 e. The zero-order chi connectivity index (χ0) is 23.8. The first-order valence-electron chi connectivity index (χ1n) is 10.7. The number of nitrogens with one attached hydrogen (secondary N) is 1. The molecule has 4 heterocycles. The Morgan fingerprint density at radius 2 is 2.12 bits per heavy atom. The molecule has 3 aromatic heterocycles. The van der Waals surface area contributed by atoms with Crippen LogP contribution in [-0.2, 0) is 13.0 Å². The van der Waals surface area contributed by atoms with Gasteiger partial charge in [-0.25, -0.2) is 4.98 Å². The van der Waals surface area contributed by atoms with Crippen molar-refractivity contribution >= 4 is 51.2 Å². The van der Waals surface area contributed by atoms with Gasteiger partial charge in [0.05, 0.1) is 23.1 Å². The Morgan fingerprint density at radius 3 is 2.88 bits per heavy atom. The first-order chi connectivity index (χ1) is 16.4. The van der Waals surface area contributed by atoms with Gasteiger partial charge >= 0.3 is 0 Å². The van der Waals surface area contributed by atoms with E-state index in [-0.39, 0.29) is 5.69 Å². The van der Waals surface area contributed by atoms with Crippen molar-refractivity contribution in [2.45, 2.75) is 13.0 Å². The monoisotopic (exact) mass is 477 g/mol. The average Bonchev–Trinajstić information content (AvgIpc) is 3.31. The van der Waals surface area contributed by atoms with Crippen molar-refractivity contribution in [1.29, 1.82) is 0 Å². The summed E-state index contributed by atoms with van der Waals surface area (Å²) in [5.41, 5.74) is 2.64. The van der Waals surface area contributed by atoms with Crippen LogP contribution >= 0.6 is 11.3 Å². The van der Waals surface area contributed by atoms with Gasteiger partial charge in [-0.3, -0.25) is 10.1 Å². The van der Waals surface area contributed by atoms with Crippen LogP contribution in [0.15, 0.2) is 41.9 Å². The number of benzene rings is 1. The standard InChI is InChI=1S/C23H23N7O3S/c1-28(2)17-12-19(33-3)16(11-18(17)30(31)32)25-23-26-21-15(5-4-8-24-21)22(27-23)29-9-6-20-14(13-29)7-10-34-20/h4-5,7-8,10-12H,6,9,13H2,1-3H3,(H,24,25,26,27). The van der Waals surface area contributed by atoms with Crippen LogP contribution < -0.4 is 19.9 Å². The van der Waals surface area contributed by atoms with Crippen LogP contribution in [0, 0.1) is 10.1 Å². The Morgan fingerprint density at radius 1 is 1.26 bits per heavy atom. The van der Waals surface area contributed by atoms with Crippen molar-refractivity contribution in [1.82, 2.24) is 15.0 Å². The van der Waals surface area contributed by atoms with Crippen molar-refractivity contribution in [2.75, 3.05) is 42.9 Å². The number of rotatable bonds is 6. The summed E-state index contributed by atoms with van der Waals surface area (Å²) in [6.07, 6.45) is 2.64. The lowest BCUT2D eigenvalue weighted by Gasteiger charge is -2.29. The molecule has 1 aliphatic heterocycles. The van der Waals surface area contributed by atoms with E-state index in [2.05, 4.69) is 31.6 Å². The molecule has 5 rings (SSSR count). The number of hydrogen-bond acceptors (Lipinski definition) is 10. The molecule has 0 saturated carbocycles. The van der Waals surface area contributed by atoms with E-state index in [1.54, 1.807) is 42.6 Å². The zero-order valence-electron chi connectivity index (χ0n) is 19.0. The molecule has 0 radical (unpaired) electrons. The lowest BCUT2D eigenvalue weighted by atomic mass is 10.1. The van der Waals surface area contributed by atoms with Gasteiger partial charge in [0.25, 0.3) is 5.69 Å². The predicted molar refractivity (Wildman–Crippen MR) is 134 cm³/mol. The fourth-order valence-electron chi connectivity index (χ4n) is 4.12. The molecule has 1 N–H and O–H groups in total. The van der Waals surface area contributed by atoms with E-state index < -0.39 is 4.92 Å². The molecular weight excluding hydrogens is 454 g/mol. The van der Waals surface area contributed by atoms with Gasteiger partial charge in [-0.15, -0.1) is 11.3 Å². The zero-order valence-corrected chi connectivity index (χ0v) is 19.8. The number of pyridine rings is 1. The summed E-state index contributed by atoms with van der Waals surface area (Å²) >= 11 is 1.79. The lowest BCUT2D eigenvalue weighted by Crippen LogP contribution is -2.30. The maximum atomic E-state index is 11.7. The molecule has 0 atom stereocenters. The van der Waals surface area contributed by atoms with E-state index in [0.717, 1.165) is 30.7 Å². The molecule has 0 spiro atoms. The minimum atomic E-state index is -0.416. The number of nitrogens with zero attached hydrogens (tertiary/aromatic N) is 6. The van der Waals surface area contributed by atoms with Gasteiger partial charge in [-0.1, -0.05) is 0 Å².